The van der Waals surface area contributed by atoms with E-state index < -0.39 is 0 Å². The molecule has 0 bridgehead atoms. The Balaban J connectivity index is 2.28. The maximum atomic E-state index is 11.6. The molecule has 1 N–H and O–H groups in total. The third-order valence-corrected chi connectivity index (χ3v) is 3.89. The molecule has 2 nitrogen and oxygen atoms in total. The second kappa shape index (κ2) is 3.23. The second-order valence-corrected chi connectivity index (χ2v) is 4.52. The van der Waals surface area contributed by atoms with E-state index in [0.717, 1.165) is 30.8 Å². The molecule has 2 aliphatic rings. The fraction of sp³-hybridized carbons (Fsp3) is 0.667. The summed E-state index contributed by atoms with van der Waals surface area (Å²) in [6, 6.07) is 0. The van der Waals surface area contributed by atoms with E-state index in [1.54, 1.807) is 0 Å². The van der Waals surface area contributed by atoms with Gasteiger partial charge in [0.15, 0.2) is 5.78 Å². The molecule has 2 rings (SSSR count). The van der Waals surface area contributed by atoms with Crippen LogP contribution in [0.5, 0.6) is 0 Å². The molecule has 1 atom stereocenters. The Morgan fingerprint density at radius 3 is 3.25 bits per heavy atom. The molecule has 0 unspecified atom stereocenters. The average Bonchev–Trinajstić information content (AvgIpc) is 2.12. The van der Waals surface area contributed by atoms with Crippen molar-refractivity contribution in [3.63, 3.8) is 0 Å². The van der Waals surface area contributed by atoms with Crippen LogP contribution in [-0.4, -0.2) is 24.6 Å². The first-order chi connectivity index (χ1) is 5.79. The summed E-state index contributed by atoms with van der Waals surface area (Å²) in [6.45, 7) is 3.85. The topological polar surface area (TPSA) is 29.1 Å². The number of Topliss-reactive ketones (excluding diaryl/α,β-unsaturated/α-hetero) is 1. The van der Waals surface area contributed by atoms with Crippen molar-refractivity contribution in [2.24, 2.45) is 5.92 Å². The summed E-state index contributed by atoms with van der Waals surface area (Å²) in [7, 11) is 0. The maximum Gasteiger partial charge on any atom is 0.164 e. The Kier molecular flexibility index (Phi) is 2.24. The Morgan fingerprint density at radius 1 is 1.58 bits per heavy atom. The smallest absolute Gasteiger partial charge is 0.164 e. The molecule has 0 fully saturated rings. The molecule has 0 aromatic heterocycles. The average molecular weight is 183 g/mol. The summed E-state index contributed by atoms with van der Waals surface area (Å²) in [5.74, 6) is 1.59. The fourth-order valence-corrected chi connectivity index (χ4v) is 2.84. The van der Waals surface area contributed by atoms with Gasteiger partial charge in [0.05, 0.1) is 0 Å². The lowest BCUT2D eigenvalue weighted by Crippen LogP contribution is -2.33. The molecule has 0 aliphatic carbocycles. The minimum absolute atomic E-state index is 0.230. The van der Waals surface area contributed by atoms with Crippen molar-refractivity contribution in [3.8, 4) is 0 Å². The van der Waals surface area contributed by atoms with E-state index in [0.29, 0.717) is 5.78 Å². The number of thioether (sulfide) groups is 1. The Hall–Kier alpha value is -0.280. The first-order valence-corrected chi connectivity index (χ1v) is 5.37. The largest absolute Gasteiger partial charge is 0.312 e. The highest BCUT2D eigenvalue weighted by molar-refractivity contribution is 8.03. The SMILES string of the molecule is C[C@H]1CSC2=C(CNCC2)C1=O. The fourth-order valence-electron chi connectivity index (χ4n) is 1.65. The van der Waals surface area contributed by atoms with Gasteiger partial charge in [-0.2, -0.15) is 0 Å². The number of carbonyl (C=O) groups excluding carboxylic acids is 1. The van der Waals surface area contributed by atoms with Gasteiger partial charge in [-0.05, 0) is 11.3 Å². The van der Waals surface area contributed by atoms with Crippen LogP contribution in [0.1, 0.15) is 13.3 Å². The van der Waals surface area contributed by atoms with Gasteiger partial charge in [0.1, 0.15) is 0 Å². The van der Waals surface area contributed by atoms with Crippen molar-refractivity contribution >= 4 is 17.5 Å². The van der Waals surface area contributed by atoms with Crippen LogP contribution < -0.4 is 5.32 Å². The van der Waals surface area contributed by atoms with Gasteiger partial charge in [-0.15, -0.1) is 11.8 Å². The van der Waals surface area contributed by atoms with Crippen LogP contribution in [0.15, 0.2) is 10.5 Å². The number of nitrogens with one attached hydrogen (secondary N) is 1. The summed E-state index contributed by atoms with van der Waals surface area (Å²) in [6.07, 6.45) is 1.05. The maximum absolute atomic E-state index is 11.6. The highest BCUT2D eigenvalue weighted by Gasteiger charge is 2.28. The van der Waals surface area contributed by atoms with E-state index in [2.05, 4.69) is 5.32 Å². The van der Waals surface area contributed by atoms with Gasteiger partial charge < -0.3 is 5.32 Å². The van der Waals surface area contributed by atoms with Crippen molar-refractivity contribution < 1.29 is 4.79 Å². The highest BCUT2D eigenvalue weighted by Crippen LogP contribution is 2.33. The zero-order valence-corrected chi connectivity index (χ0v) is 8.04. The Morgan fingerprint density at radius 2 is 2.42 bits per heavy atom. The molecular weight excluding hydrogens is 170 g/mol. The molecular formula is C9H13NOS. The standard InChI is InChI=1S/C9H13NOS/c1-6-5-12-8-2-3-10-4-7(8)9(6)11/h6,10H,2-5H2,1H3/t6-/m0/s1. The van der Waals surface area contributed by atoms with E-state index in [4.69, 9.17) is 0 Å². The summed E-state index contributed by atoms with van der Waals surface area (Å²) in [5, 5.41) is 3.24. The van der Waals surface area contributed by atoms with Gasteiger partial charge in [-0.3, -0.25) is 4.79 Å². The Bertz CT molecular complexity index is 247. The van der Waals surface area contributed by atoms with Crippen molar-refractivity contribution in [2.45, 2.75) is 13.3 Å². The molecule has 0 saturated carbocycles. The lowest BCUT2D eigenvalue weighted by molar-refractivity contribution is -0.118. The molecule has 2 aliphatic heterocycles. The van der Waals surface area contributed by atoms with Crippen LogP contribution >= 0.6 is 11.8 Å². The quantitative estimate of drug-likeness (QED) is 0.611. The zero-order valence-electron chi connectivity index (χ0n) is 7.22. The molecule has 66 valence electrons. The summed E-state index contributed by atoms with van der Waals surface area (Å²) >= 11 is 1.88. The first-order valence-electron chi connectivity index (χ1n) is 4.39. The minimum Gasteiger partial charge on any atom is -0.312 e. The predicted octanol–water partition coefficient (Wildman–Crippen LogP) is 1.19. The van der Waals surface area contributed by atoms with Crippen LogP contribution in [0.3, 0.4) is 0 Å². The highest BCUT2D eigenvalue weighted by atomic mass is 32.2. The molecule has 2 heterocycles. The number of hydrogen-bond donors (Lipinski definition) is 1. The van der Waals surface area contributed by atoms with Crippen molar-refractivity contribution in [1.29, 1.82) is 0 Å². The van der Waals surface area contributed by atoms with E-state index >= 15 is 0 Å². The van der Waals surface area contributed by atoms with Gasteiger partial charge in [-0.1, -0.05) is 6.92 Å². The normalized spacial score (nSPS) is 30.4. The number of carbonyl (C=O) groups is 1. The number of ketones is 1. The third kappa shape index (κ3) is 1.31. The van der Waals surface area contributed by atoms with E-state index in [1.807, 2.05) is 18.7 Å². The van der Waals surface area contributed by atoms with Gasteiger partial charge in [0, 0.05) is 30.3 Å². The minimum atomic E-state index is 0.230. The van der Waals surface area contributed by atoms with Crippen molar-refractivity contribution in [3.05, 3.63) is 10.5 Å². The second-order valence-electron chi connectivity index (χ2n) is 3.40. The zero-order chi connectivity index (χ0) is 8.55. The van der Waals surface area contributed by atoms with E-state index in [-0.39, 0.29) is 5.92 Å². The molecule has 0 amide bonds. The molecule has 12 heavy (non-hydrogen) atoms. The van der Waals surface area contributed by atoms with Crippen LogP contribution in [0, 0.1) is 5.92 Å². The first kappa shape index (κ1) is 8.32. The molecule has 0 spiro atoms. The lowest BCUT2D eigenvalue weighted by Gasteiger charge is -2.27. The van der Waals surface area contributed by atoms with Crippen molar-refractivity contribution in [2.75, 3.05) is 18.8 Å². The number of hydrogen-bond acceptors (Lipinski definition) is 3. The van der Waals surface area contributed by atoms with Crippen LogP contribution in [0.4, 0.5) is 0 Å². The molecule has 0 aromatic carbocycles. The summed E-state index contributed by atoms with van der Waals surface area (Å²) < 4.78 is 0. The van der Waals surface area contributed by atoms with E-state index in [9.17, 15) is 4.79 Å². The molecule has 0 radical (unpaired) electrons. The van der Waals surface area contributed by atoms with Crippen LogP contribution in [-0.2, 0) is 4.79 Å². The lowest BCUT2D eigenvalue weighted by atomic mass is 9.97. The Labute approximate surface area is 76.8 Å². The molecule has 0 saturated heterocycles. The van der Waals surface area contributed by atoms with Crippen LogP contribution in [0.25, 0.3) is 0 Å². The van der Waals surface area contributed by atoms with Gasteiger partial charge >= 0.3 is 0 Å². The number of rotatable bonds is 0. The van der Waals surface area contributed by atoms with E-state index in [1.165, 1.54) is 4.91 Å². The predicted molar refractivity (Wildman–Crippen MR) is 51.1 cm³/mol. The van der Waals surface area contributed by atoms with Gasteiger partial charge in [-0.25, -0.2) is 0 Å². The molecule has 3 heteroatoms. The molecule has 0 aromatic rings. The third-order valence-electron chi connectivity index (χ3n) is 2.42. The van der Waals surface area contributed by atoms with Gasteiger partial charge in [0.2, 0.25) is 0 Å². The summed E-state index contributed by atoms with van der Waals surface area (Å²) in [4.78, 5) is 13.0. The summed E-state index contributed by atoms with van der Waals surface area (Å²) in [5.41, 5.74) is 1.06. The van der Waals surface area contributed by atoms with Gasteiger partial charge in [0.25, 0.3) is 0 Å². The monoisotopic (exact) mass is 183 g/mol. The van der Waals surface area contributed by atoms with Crippen molar-refractivity contribution in [1.82, 2.24) is 5.32 Å². The van der Waals surface area contributed by atoms with Crippen LogP contribution in [0.2, 0.25) is 0 Å².